The third-order valence-electron chi connectivity index (χ3n) is 3.10. The second-order valence-corrected chi connectivity index (χ2v) is 5.08. The summed E-state index contributed by atoms with van der Waals surface area (Å²) in [6, 6.07) is 14.1. The van der Waals surface area contributed by atoms with Gasteiger partial charge in [0.2, 0.25) is 5.91 Å². The Morgan fingerprint density at radius 2 is 1.70 bits per heavy atom. The lowest BCUT2D eigenvalue weighted by Gasteiger charge is -2.14. The number of carbonyl (C=O) groups is 2. The molecule has 0 atom stereocenters. The highest BCUT2D eigenvalue weighted by atomic mass is 16.2. The molecule has 0 aliphatic heterocycles. The van der Waals surface area contributed by atoms with Gasteiger partial charge in [-0.05, 0) is 36.8 Å². The van der Waals surface area contributed by atoms with Crippen molar-refractivity contribution in [3.63, 3.8) is 0 Å². The molecule has 2 aromatic rings. The van der Waals surface area contributed by atoms with E-state index in [1.807, 2.05) is 31.2 Å². The summed E-state index contributed by atoms with van der Waals surface area (Å²) in [7, 11) is 0. The highest BCUT2D eigenvalue weighted by Crippen LogP contribution is 2.23. The lowest BCUT2D eigenvalue weighted by Crippen LogP contribution is -2.22. The van der Waals surface area contributed by atoms with Crippen LogP contribution in [0.25, 0.3) is 0 Å². The SMILES string of the molecule is Cc1ccc(NC(=O)Nc2ccccc2)c(NC(=O)CCN)c1. The average molecular weight is 312 g/mol. The number of amides is 3. The maximum absolute atomic E-state index is 12.1. The average Bonchev–Trinajstić information content (AvgIpc) is 2.51. The summed E-state index contributed by atoms with van der Waals surface area (Å²) >= 11 is 0. The van der Waals surface area contributed by atoms with Crippen LogP contribution in [0.5, 0.6) is 0 Å². The first-order chi connectivity index (χ1) is 11.1. The van der Waals surface area contributed by atoms with Crippen LogP contribution in [-0.2, 0) is 4.79 Å². The number of benzene rings is 2. The van der Waals surface area contributed by atoms with Crippen LogP contribution in [0.3, 0.4) is 0 Å². The molecule has 0 heterocycles. The van der Waals surface area contributed by atoms with E-state index in [9.17, 15) is 9.59 Å². The van der Waals surface area contributed by atoms with E-state index < -0.39 is 0 Å². The highest BCUT2D eigenvalue weighted by molar-refractivity contribution is 6.04. The van der Waals surface area contributed by atoms with Crippen molar-refractivity contribution in [1.82, 2.24) is 0 Å². The second kappa shape index (κ2) is 7.95. The van der Waals surface area contributed by atoms with E-state index in [2.05, 4.69) is 16.0 Å². The van der Waals surface area contributed by atoms with E-state index in [1.54, 1.807) is 24.3 Å². The Balaban J connectivity index is 2.09. The zero-order valence-electron chi connectivity index (χ0n) is 12.9. The Labute approximate surface area is 135 Å². The first-order valence-corrected chi connectivity index (χ1v) is 7.32. The molecule has 0 radical (unpaired) electrons. The van der Waals surface area contributed by atoms with E-state index >= 15 is 0 Å². The number of nitrogens with two attached hydrogens (primary N) is 1. The van der Waals surface area contributed by atoms with E-state index in [0.717, 1.165) is 5.56 Å². The van der Waals surface area contributed by atoms with Gasteiger partial charge in [-0.1, -0.05) is 24.3 Å². The van der Waals surface area contributed by atoms with Gasteiger partial charge in [-0.3, -0.25) is 4.79 Å². The van der Waals surface area contributed by atoms with Crippen molar-refractivity contribution in [3.8, 4) is 0 Å². The Kier molecular flexibility index (Phi) is 5.71. The molecule has 2 rings (SSSR count). The van der Waals surface area contributed by atoms with Crippen molar-refractivity contribution in [3.05, 3.63) is 54.1 Å². The van der Waals surface area contributed by atoms with Gasteiger partial charge in [0.25, 0.3) is 0 Å². The van der Waals surface area contributed by atoms with Gasteiger partial charge >= 0.3 is 6.03 Å². The van der Waals surface area contributed by atoms with Crippen LogP contribution in [0.4, 0.5) is 21.9 Å². The quantitative estimate of drug-likeness (QED) is 0.683. The van der Waals surface area contributed by atoms with Crippen molar-refractivity contribution < 1.29 is 9.59 Å². The molecule has 0 aliphatic rings. The van der Waals surface area contributed by atoms with Crippen LogP contribution in [-0.4, -0.2) is 18.5 Å². The predicted molar refractivity (Wildman–Crippen MR) is 92.6 cm³/mol. The molecular formula is C17H20N4O2. The Hall–Kier alpha value is -2.86. The molecule has 6 heteroatoms. The maximum atomic E-state index is 12.1. The zero-order valence-corrected chi connectivity index (χ0v) is 12.9. The molecule has 0 saturated carbocycles. The molecule has 120 valence electrons. The molecule has 0 bridgehead atoms. The lowest BCUT2D eigenvalue weighted by molar-refractivity contribution is -0.116. The smallest absolute Gasteiger partial charge is 0.323 e. The number of hydrogen-bond acceptors (Lipinski definition) is 3. The summed E-state index contributed by atoms with van der Waals surface area (Å²) in [5.74, 6) is -0.190. The Bertz CT molecular complexity index is 686. The van der Waals surface area contributed by atoms with E-state index in [0.29, 0.717) is 17.1 Å². The van der Waals surface area contributed by atoms with Crippen molar-refractivity contribution in [1.29, 1.82) is 0 Å². The molecule has 5 N–H and O–H groups in total. The largest absolute Gasteiger partial charge is 0.330 e. The molecule has 0 aliphatic carbocycles. The van der Waals surface area contributed by atoms with Crippen LogP contribution >= 0.6 is 0 Å². The van der Waals surface area contributed by atoms with Crippen LogP contribution in [0.1, 0.15) is 12.0 Å². The van der Waals surface area contributed by atoms with Gasteiger partial charge in [-0.2, -0.15) is 0 Å². The number of hydrogen-bond donors (Lipinski definition) is 4. The third kappa shape index (κ3) is 5.12. The van der Waals surface area contributed by atoms with E-state index in [-0.39, 0.29) is 24.9 Å². The fourth-order valence-corrected chi connectivity index (χ4v) is 2.02. The molecule has 2 aromatic carbocycles. The van der Waals surface area contributed by atoms with Crippen LogP contribution in [0.15, 0.2) is 48.5 Å². The third-order valence-corrected chi connectivity index (χ3v) is 3.10. The fourth-order valence-electron chi connectivity index (χ4n) is 2.02. The minimum atomic E-state index is -0.380. The number of anilines is 3. The van der Waals surface area contributed by atoms with Gasteiger partial charge in [0, 0.05) is 18.7 Å². The topological polar surface area (TPSA) is 96.2 Å². The Morgan fingerprint density at radius 3 is 2.39 bits per heavy atom. The molecule has 23 heavy (non-hydrogen) atoms. The Morgan fingerprint density at radius 1 is 0.957 bits per heavy atom. The molecule has 3 amide bonds. The first-order valence-electron chi connectivity index (χ1n) is 7.32. The molecule has 0 unspecified atom stereocenters. The minimum Gasteiger partial charge on any atom is -0.330 e. The summed E-state index contributed by atoms with van der Waals surface area (Å²) < 4.78 is 0. The molecule has 6 nitrogen and oxygen atoms in total. The molecular weight excluding hydrogens is 292 g/mol. The zero-order chi connectivity index (χ0) is 16.7. The highest BCUT2D eigenvalue weighted by Gasteiger charge is 2.10. The van der Waals surface area contributed by atoms with Crippen molar-refractivity contribution in [2.45, 2.75) is 13.3 Å². The summed E-state index contributed by atoms with van der Waals surface area (Å²) in [6.07, 6.45) is 0.226. The summed E-state index contributed by atoms with van der Waals surface area (Å²) in [5, 5.41) is 8.23. The second-order valence-electron chi connectivity index (χ2n) is 5.08. The number of para-hydroxylation sites is 1. The summed E-state index contributed by atoms with van der Waals surface area (Å²) in [6.45, 7) is 2.18. The van der Waals surface area contributed by atoms with Gasteiger partial charge in [-0.25, -0.2) is 4.79 Å². The van der Waals surface area contributed by atoms with Gasteiger partial charge in [0.1, 0.15) is 0 Å². The van der Waals surface area contributed by atoms with Crippen LogP contribution in [0.2, 0.25) is 0 Å². The minimum absolute atomic E-state index is 0.190. The number of nitrogens with one attached hydrogen (secondary N) is 3. The molecule has 0 fully saturated rings. The number of aryl methyl sites for hydroxylation is 1. The number of rotatable bonds is 5. The standard InChI is InChI=1S/C17H20N4O2/c1-12-7-8-14(15(11-12)20-16(22)9-10-18)21-17(23)19-13-5-3-2-4-6-13/h2-8,11H,9-10,18H2,1H3,(H,20,22)(H2,19,21,23). The van der Waals surface area contributed by atoms with Gasteiger partial charge < -0.3 is 21.7 Å². The fraction of sp³-hybridized carbons (Fsp3) is 0.176. The normalized spacial score (nSPS) is 10.0. The first kappa shape index (κ1) is 16.5. The molecule has 0 aromatic heterocycles. The van der Waals surface area contributed by atoms with E-state index in [4.69, 9.17) is 5.73 Å². The molecule has 0 spiro atoms. The van der Waals surface area contributed by atoms with E-state index in [1.165, 1.54) is 0 Å². The summed E-state index contributed by atoms with van der Waals surface area (Å²) in [5.41, 5.74) is 8.11. The lowest BCUT2D eigenvalue weighted by atomic mass is 10.2. The summed E-state index contributed by atoms with van der Waals surface area (Å²) in [4.78, 5) is 23.8. The van der Waals surface area contributed by atoms with Crippen molar-refractivity contribution in [2.75, 3.05) is 22.5 Å². The van der Waals surface area contributed by atoms with Crippen molar-refractivity contribution >= 4 is 29.0 Å². The van der Waals surface area contributed by atoms with Crippen molar-refractivity contribution in [2.24, 2.45) is 5.73 Å². The van der Waals surface area contributed by atoms with Crippen LogP contribution in [0, 0.1) is 6.92 Å². The van der Waals surface area contributed by atoms with Crippen LogP contribution < -0.4 is 21.7 Å². The van der Waals surface area contributed by atoms with Gasteiger partial charge in [-0.15, -0.1) is 0 Å². The molecule has 0 saturated heterocycles. The van der Waals surface area contributed by atoms with Gasteiger partial charge in [0.05, 0.1) is 11.4 Å². The number of urea groups is 1. The predicted octanol–water partition coefficient (Wildman–Crippen LogP) is 2.93. The van der Waals surface area contributed by atoms with Gasteiger partial charge in [0.15, 0.2) is 0 Å². The maximum Gasteiger partial charge on any atom is 0.323 e. The monoisotopic (exact) mass is 312 g/mol. The number of carbonyl (C=O) groups excluding carboxylic acids is 2.